The fourth-order valence-corrected chi connectivity index (χ4v) is 4.92. The predicted molar refractivity (Wildman–Crippen MR) is 158 cm³/mol. The zero-order valence-electron chi connectivity index (χ0n) is 23.8. The molecule has 8 nitrogen and oxygen atoms in total. The summed E-state index contributed by atoms with van der Waals surface area (Å²) in [7, 11) is -3.82. The number of hydrogen-bond acceptors (Lipinski definition) is 5. The number of carbonyl (C=O) groups excluding carboxylic acids is 2. The van der Waals surface area contributed by atoms with Crippen molar-refractivity contribution in [2.24, 2.45) is 5.92 Å². The number of nitrogens with one attached hydrogen (secondary N) is 1. The topological polar surface area (TPSA) is 96.0 Å². The van der Waals surface area contributed by atoms with Gasteiger partial charge in [-0.15, -0.1) is 0 Å². The first-order valence-electron chi connectivity index (χ1n) is 13.3. The highest BCUT2D eigenvalue weighted by molar-refractivity contribution is 7.92. The van der Waals surface area contributed by atoms with Gasteiger partial charge in [-0.2, -0.15) is 0 Å². The summed E-state index contributed by atoms with van der Waals surface area (Å²) in [5.41, 5.74) is 3.19. The lowest BCUT2D eigenvalue weighted by atomic mass is 10.1. The average molecular weight is 566 g/mol. The summed E-state index contributed by atoms with van der Waals surface area (Å²) in [6.07, 6.45) is 1.06. The number of anilines is 1. The van der Waals surface area contributed by atoms with E-state index in [4.69, 9.17) is 4.74 Å². The molecular weight excluding hydrogens is 526 g/mol. The van der Waals surface area contributed by atoms with E-state index in [9.17, 15) is 18.0 Å². The molecule has 9 heteroatoms. The van der Waals surface area contributed by atoms with Crippen LogP contribution in [0.2, 0.25) is 0 Å². The number of amides is 2. The first kappa shape index (κ1) is 30.7. The summed E-state index contributed by atoms with van der Waals surface area (Å²) in [5.74, 6) is 0.0489. The van der Waals surface area contributed by atoms with Crippen LogP contribution in [-0.4, -0.2) is 50.5 Å². The molecule has 3 aromatic rings. The van der Waals surface area contributed by atoms with Gasteiger partial charge >= 0.3 is 0 Å². The van der Waals surface area contributed by atoms with Crippen molar-refractivity contribution in [1.82, 2.24) is 10.2 Å². The van der Waals surface area contributed by atoms with Crippen LogP contribution in [0.4, 0.5) is 5.69 Å². The normalized spacial score (nSPS) is 12.1. The van der Waals surface area contributed by atoms with Crippen molar-refractivity contribution < 1.29 is 22.7 Å². The maximum absolute atomic E-state index is 13.7. The van der Waals surface area contributed by atoms with Gasteiger partial charge in [-0.3, -0.25) is 13.9 Å². The van der Waals surface area contributed by atoms with E-state index in [0.717, 1.165) is 27.3 Å². The molecule has 0 fully saturated rings. The van der Waals surface area contributed by atoms with Crippen molar-refractivity contribution >= 4 is 27.5 Å². The Labute approximate surface area is 238 Å². The van der Waals surface area contributed by atoms with E-state index in [1.807, 2.05) is 75.4 Å². The number of sulfonamides is 1. The molecule has 0 radical (unpaired) electrons. The monoisotopic (exact) mass is 565 g/mol. The Bertz CT molecular complexity index is 1380. The van der Waals surface area contributed by atoms with E-state index in [0.29, 0.717) is 24.6 Å². The Morgan fingerprint density at radius 3 is 2.12 bits per heavy atom. The van der Waals surface area contributed by atoms with Gasteiger partial charge in [0.2, 0.25) is 21.8 Å². The van der Waals surface area contributed by atoms with Gasteiger partial charge in [-0.05, 0) is 60.7 Å². The molecule has 3 rings (SSSR count). The highest BCUT2D eigenvalue weighted by Gasteiger charge is 2.30. The minimum absolute atomic E-state index is 0.172. The van der Waals surface area contributed by atoms with Crippen molar-refractivity contribution in [1.29, 1.82) is 0 Å². The highest BCUT2D eigenvalue weighted by atomic mass is 32.2. The van der Waals surface area contributed by atoms with Crippen LogP contribution in [-0.2, 0) is 32.8 Å². The third-order valence-electron chi connectivity index (χ3n) is 6.51. The summed E-state index contributed by atoms with van der Waals surface area (Å²) in [4.78, 5) is 28.1. The van der Waals surface area contributed by atoms with E-state index in [-0.39, 0.29) is 18.4 Å². The van der Waals surface area contributed by atoms with Crippen LogP contribution in [0.3, 0.4) is 0 Å². The molecule has 0 aliphatic rings. The van der Waals surface area contributed by atoms with Gasteiger partial charge in [0.15, 0.2) is 0 Å². The fourth-order valence-electron chi connectivity index (χ4n) is 4.07. The minimum Gasteiger partial charge on any atom is -0.489 e. The Kier molecular flexibility index (Phi) is 10.7. The van der Waals surface area contributed by atoms with Crippen LogP contribution < -0.4 is 14.4 Å². The van der Waals surface area contributed by atoms with Gasteiger partial charge in [0.25, 0.3) is 0 Å². The van der Waals surface area contributed by atoms with Gasteiger partial charge in [0.05, 0.1) is 11.9 Å². The third-order valence-corrected chi connectivity index (χ3v) is 7.65. The number of ether oxygens (including phenoxy) is 1. The van der Waals surface area contributed by atoms with Gasteiger partial charge in [0, 0.05) is 13.1 Å². The quantitative estimate of drug-likeness (QED) is 0.329. The lowest BCUT2D eigenvalue weighted by Crippen LogP contribution is -2.51. The SMILES string of the molecule is Cc1ccccc1CN(C(=O)CN(c1ccc(OCc2ccccc2)cc1)S(C)(=O)=O)[C@@H](C)C(=O)NCC(C)C. The second-order valence-corrected chi connectivity index (χ2v) is 12.2. The molecule has 0 aromatic heterocycles. The van der Waals surface area contributed by atoms with Gasteiger partial charge in [-0.25, -0.2) is 8.42 Å². The smallest absolute Gasteiger partial charge is 0.244 e. The summed E-state index contributed by atoms with van der Waals surface area (Å²) in [6.45, 7) is 8.15. The highest BCUT2D eigenvalue weighted by Crippen LogP contribution is 2.23. The maximum atomic E-state index is 13.7. The van der Waals surface area contributed by atoms with Crippen LogP contribution in [0.5, 0.6) is 5.75 Å². The molecule has 0 heterocycles. The van der Waals surface area contributed by atoms with Gasteiger partial charge < -0.3 is 15.0 Å². The Morgan fingerprint density at radius 1 is 0.900 bits per heavy atom. The standard InChI is InChI=1S/C31H39N3O5S/c1-23(2)19-32-31(36)25(4)33(20-27-14-10-9-11-24(27)3)30(35)21-34(40(5,37)38)28-15-17-29(18-16-28)39-22-26-12-7-6-8-13-26/h6-18,23,25H,19-22H2,1-5H3,(H,32,36)/t25-/m0/s1. The number of aryl methyl sites for hydroxylation is 1. The van der Waals surface area contributed by atoms with Crippen LogP contribution in [0.25, 0.3) is 0 Å². The lowest BCUT2D eigenvalue weighted by molar-refractivity contribution is -0.139. The van der Waals surface area contributed by atoms with Crippen LogP contribution in [0, 0.1) is 12.8 Å². The molecule has 40 heavy (non-hydrogen) atoms. The fraction of sp³-hybridized carbons (Fsp3) is 0.355. The molecule has 0 saturated heterocycles. The molecule has 214 valence electrons. The van der Waals surface area contributed by atoms with Crippen molar-refractivity contribution in [3.05, 3.63) is 95.6 Å². The van der Waals surface area contributed by atoms with E-state index in [1.54, 1.807) is 31.2 Å². The molecule has 0 aliphatic heterocycles. The first-order valence-corrected chi connectivity index (χ1v) is 15.2. The maximum Gasteiger partial charge on any atom is 0.244 e. The molecule has 0 saturated carbocycles. The number of nitrogens with zero attached hydrogens (tertiary/aromatic N) is 2. The predicted octanol–water partition coefficient (Wildman–Crippen LogP) is 4.53. The summed E-state index contributed by atoms with van der Waals surface area (Å²) < 4.78 is 32.5. The number of rotatable bonds is 13. The summed E-state index contributed by atoms with van der Waals surface area (Å²) in [5, 5.41) is 2.88. The van der Waals surface area contributed by atoms with E-state index in [2.05, 4.69) is 5.32 Å². The first-order chi connectivity index (χ1) is 19.0. The molecule has 3 aromatic carbocycles. The second kappa shape index (κ2) is 14.0. The number of benzene rings is 3. The van der Waals surface area contributed by atoms with Gasteiger partial charge in [0.1, 0.15) is 24.9 Å². The molecule has 0 spiro atoms. The van der Waals surface area contributed by atoms with Crippen molar-refractivity contribution in [2.75, 3.05) is 23.7 Å². The molecule has 0 aliphatic carbocycles. The molecular formula is C31H39N3O5S. The summed E-state index contributed by atoms with van der Waals surface area (Å²) in [6, 6.07) is 23.1. The van der Waals surface area contributed by atoms with E-state index < -0.39 is 28.5 Å². The molecule has 0 bridgehead atoms. The number of carbonyl (C=O) groups is 2. The van der Waals surface area contributed by atoms with E-state index >= 15 is 0 Å². The molecule has 1 atom stereocenters. The molecule has 2 amide bonds. The Hall–Kier alpha value is -3.85. The Balaban J connectivity index is 1.82. The largest absolute Gasteiger partial charge is 0.489 e. The third kappa shape index (κ3) is 8.84. The average Bonchev–Trinajstić information content (AvgIpc) is 2.93. The zero-order valence-corrected chi connectivity index (χ0v) is 24.6. The minimum atomic E-state index is -3.82. The van der Waals surface area contributed by atoms with Crippen molar-refractivity contribution in [3.8, 4) is 5.75 Å². The Morgan fingerprint density at radius 2 is 1.52 bits per heavy atom. The molecule has 0 unspecified atom stereocenters. The summed E-state index contributed by atoms with van der Waals surface area (Å²) >= 11 is 0. The van der Waals surface area contributed by atoms with E-state index in [1.165, 1.54) is 4.90 Å². The second-order valence-electron chi connectivity index (χ2n) is 10.3. The van der Waals surface area contributed by atoms with Crippen LogP contribution in [0.15, 0.2) is 78.9 Å². The van der Waals surface area contributed by atoms with Gasteiger partial charge in [-0.1, -0.05) is 68.4 Å². The van der Waals surface area contributed by atoms with Crippen LogP contribution in [0.1, 0.15) is 37.5 Å². The zero-order chi connectivity index (χ0) is 29.3. The van der Waals surface area contributed by atoms with Crippen molar-refractivity contribution in [3.63, 3.8) is 0 Å². The number of hydrogen-bond donors (Lipinski definition) is 1. The van der Waals surface area contributed by atoms with Crippen molar-refractivity contribution in [2.45, 2.75) is 46.9 Å². The van der Waals surface area contributed by atoms with Crippen LogP contribution >= 0.6 is 0 Å². The molecule has 1 N–H and O–H groups in total. The lowest BCUT2D eigenvalue weighted by Gasteiger charge is -2.32.